The van der Waals surface area contributed by atoms with Gasteiger partial charge in [-0.25, -0.2) is 9.07 Å². The van der Waals surface area contributed by atoms with Gasteiger partial charge in [0.2, 0.25) is 0 Å². The van der Waals surface area contributed by atoms with Gasteiger partial charge >= 0.3 is 0 Å². The highest BCUT2D eigenvalue weighted by atomic mass is 19.1. The van der Waals surface area contributed by atoms with Crippen LogP contribution in [0.3, 0.4) is 0 Å². The zero-order chi connectivity index (χ0) is 13.9. The van der Waals surface area contributed by atoms with E-state index in [2.05, 4.69) is 5.10 Å². The molecule has 0 spiro atoms. The highest BCUT2D eigenvalue weighted by Crippen LogP contribution is 2.23. The van der Waals surface area contributed by atoms with Gasteiger partial charge in [-0.1, -0.05) is 12.1 Å². The van der Waals surface area contributed by atoms with E-state index in [9.17, 15) is 9.50 Å². The van der Waals surface area contributed by atoms with E-state index in [4.69, 9.17) is 4.74 Å². The standard InChI is InChI=1S/C15H11FN2O2/c16-11-3-1-6-14(7-11)20-15-9-17-18(10-15)12-4-2-5-13(19)8-12/h1-10,19H. The van der Waals surface area contributed by atoms with E-state index >= 15 is 0 Å². The molecule has 20 heavy (non-hydrogen) atoms. The van der Waals surface area contributed by atoms with Crippen molar-refractivity contribution in [2.24, 2.45) is 0 Å². The third kappa shape index (κ3) is 2.61. The Balaban J connectivity index is 1.84. The third-order valence-electron chi connectivity index (χ3n) is 2.68. The van der Waals surface area contributed by atoms with E-state index < -0.39 is 0 Å². The summed E-state index contributed by atoms with van der Waals surface area (Å²) < 4.78 is 20.1. The lowest BCUT2D eigenvalue weighted by Gasteiger charge is -2.02. The molecule has 0 radical (unpaired) electrons. The molecule has 0 saturated heterocycles. The Morgan fingerprint density at radius 2 is 1.90 bits per heavy atom. The Bertz CT molecular complexity index is 740. The molecule has 1 aromatic heterocycles. The van der Waals surface area contributed by atoms with Crippen LogP contribution in [0.25, 0.3) is 5.69 Å². The topological polar surface area (TPSA) is 47.3 Å². The van der Waals surface area contributed by atoms with Crippen LogP contribution >= 0.6 is 0 Å². The molecule has 0 saturated carbocycles. The van der Waals surface area contributed by atoms with Crippen molar-refractivity contribution >= 4 is 0 Å². The summed E-state index contributed by atoms with van der Waals surface area (Å²) in [5.41, 5.74) is 0.707. The van der Waals surface area contributed by atoms with E-state index in [-0.39, 0.29) is 11.6 Å². The van der Waals surface area contributed by atoms with Crippen LogP contribution in [0.15, 0.2) is 60.9 Å². The summed E-state index contributed by atoms with van der Waals surface area (Å²) in [6.07, 6.45) is 3.18. The lowest BCUT2D eigenvalue weighted by molar-refractivity contribution is 0.473. The van der Waals surface area contributed by atoms with Crippen molar-refractivity contribution in [1.29, 1.82) is 0 Å². The molecule has 4 nitrogen and oxygen atoms in total. The van der Waals surface area contributed by atoms with Gasteiger partial charge in [-0.3, -0.25) is 0 Å². The second kappa shape index (κ2) is 5.05. The van der Waals surface area contributed by atoms with Gasteiger partial charge < -0.3 is 9.84 Å². The molecule has 0 bridgehead atoms. The van der Waals surface area contributed by atoms with Crippen molar-refractivity contribution in [3.8, 4) is 22.9 Å². The van der Waals surface area contributed by atoms with Gasteiger partial charge in [-0.15, -0.1) is 0 Å². The summed E-state index contributed by atoms with van der Waals surface area (Å²) in [7, 11) is 0. The lowest BCUT2D eigenvalue weighted by Crippen LogP contribution is -1.92. The molecule has 1 heterocycles. The average Bonchev–Trinajstić information content (AvgIpc) is 2.87. The molecule has 3 aromatic rings. The van der Waals surface area contributed by atoms with E-state index in [0.29, 0.717) is 17.2 Å². The van der Waals surface area contributed by atoms with E-state index in [0.717, 1.165) is 0 Å². The summed E-state index contributed by atoms with van der Waals surface area (Å²) in [4.78, 5) is 0. The number of hydrogen-bond acceptors (Lipinski definition) is 3. The molecule has 100 valence electrons. The van der Waals surface area contributed by atoms with Crippen LogP contribution in [0.1, 0.15) is 0 Å². The number of ether oxygens (including phenoxy) is 1. The van der Waals surface area contributed by atoms with Crippen LogP contribution in [0.4, 0.5) is 4.39 Å². The second-order valence-corrected chi connectivity index (χ2v) is 4.20. The summed E-state index contributed by atoms with van der Waals surface area (Å²) >= 11 is 0. The molecular formula is C15H11FN2O2. The largest absolute Gasteiger partial charge is 0.508 e. The molecule has 5 heteroatoms. The highest BCUT2D eigenvalue weighted by molar-refractivity contribution is 5.39. The SMILES string of the molecule is Oc1cccc(-n2cc(Oc3cccc(F)c3)cn2)c1. The first-order chi connectivity index (χ1) is 9.70. The maximum atomic E-state index is 13.1. The van der Waals surface area contributed by atoms with Crippen LogP contribution in [-0.4, -0.2) is 14.9 Å². The van der Waals surface area contributed by atoms with E-state index in [1.807, 2.05) is 0 Å². The fourth-order valence-corrected chi connectivity index (χ4v) is 1.80. The van der Waals surface area contributed by atoms with Gasteiger partial charge in [0.1, 0.15) is 17.3 Å². The first-order valence-corrected chi connectivity index (χ1v) is 5.98. The number of aromatic hydroxyl groups is 1. The van der Waals surface area contributed by atoms with E-state index in [1.54, 1.807) is 47.3 Å². The van der Waals surface area contributed by atoms with Gasteiger partial charge in [0.05, 0.1) is 18.1 Å². The maximum absolute atomic E-state index is 13.1. The predicted molar refractivity (Wildman–Crippen MR) is 71.7 cm³/mol. The monoisotopic (exact) mass is 270 g/mol. The molecule has 0 amide bonds. The van der Waals surface area contributed by atoms with Crippen LogP contribution in [0.5, 0.6) is 17.2 Å². The Morgan fingerprint density at radius 1 is 1.05 bits per heavy atom. The number of rotatable bonds is 3. The number of aromatic nitrogens is 2. The normalized spacial score (nSPS) is 10.4. The summed E-state index contributed by atoms with van der Waals surface area (Å²) in [5, 5.41) is 13.6. The lowest BCUT2D eigenvalue weighted by atomic mass is 10.3. The molecule has 1 N–H and O–H groups in total. The fraction of sp³-hybridized carbons (Fsp3) is 0. The average molecular weight is 270 g/mol. The first kappa shape index (κ1) is 12.2. The summed E-state index contributed by atoms with van der Waals surface area (Å²) in [6.45, 7) is 0. The van der Waals surface area contributed by atoms with Crippen LogP contribution in [0, 0.1) is 5.82 Å². The summed E-state index contributed by atoms with van der Waals surface area (Å²) in [5.74, 6) is 0.688. The van der Waals surface area contributed by atoms with Gasteiger partial charge in [0.25, 0.3) is 0 Å². The van der Waals surface area contributed by atoms with Gasteiger partial charge in [-0.2, -0.15) is 5.10 Å². The Morgan fingerprint density at radius 3 is 2.70 bits per heavy atom. The molecule has 0 aliphatic carbocycles. The van der Waals surface area contributed by atoms with Crippen LogP contribution in [0.2, 0.25) is 0 Å². The second-order valence-electron chi connectivity index (χ2n) is 4.20. The maximum Gasteiger partial charge on any atom is 0.165 e. The molecule has 2 aromatic carbocycles. The fourth-order valence-electron chi connectivity index (χ4n) is 1.80. The molecule has 0 atom stereocenters. The molecule has 0 aliphatic heterocycles. The minimum Gasteiger partial charge on any atom is -0.508 e. The van der Waals surface area contributed by atoms with Crippen molar-refractivity contribution in [1.82, 2.24) is 9.78 Å². The Kier molecular flexibility index (Phi) is 3.09. The van der Waals surface area contributed by atoms with Crippen LogP contribution in [-0.2, 0) is 0 Å². The van der Waals surface area contributed by atoms with Gasteiger partial charge in [0.15, 0.2) is 5.75 Å². The molecule has 0 fully saturated rings. The van der Waals surface area contributed by atoms with Crippen LogP contribution < -0.4 is 4.74 Å². The quantitative estimate of drug-likeness (QED) is 0.792. The number of hydrogen-bond donors (Lipinski definition) is 1. The number of halogens is 1. The van der Waals surface area contributed by atoms with Crippen molar-refractivity contribution in [3.63, 3.8) is 0 Å². The Hall–Kier alpha value is -2.82. The minimum absolute atomic E-state index is 0.158. The zero-order valence-electron chi connectivity index (χ0n) is 10.4. The zero-order valence-corrected chi connectivity index (χ0v) is 10.4. The van der Waals surface area contributed by atoms with Gasteiger partial charge in [-0.05, 0) is 24.3 Å². The molecule has 0 unspecified atom stereocenters. The molecular weight excluding hydrogens is 259 g/mol. The minimum atomic E-state index is -0.358. The number of phenolic OH excluding ortho intramolecular Hbond substituents is 1. The predicted octanol–water partition coefficient (Wildman–Crippen LogP) is 3.51. The van der Waals surface area contributed by atoms with Gasteiger partial charge in [0, 0.05) is 12.1 Å². The Labute approximate surface area is 114 Å². The highest BCUT2D eigenvalue weighted by Gasteiger charge is 2.04. The first-order valence-electron chi connectivity index (χ1n) is 5.98. The number of phenols is 1. The number of benzene rings is 2. The van der Waals surface area contributed by atoms with E-state index in [1.165, 1.54) is 18.3 Å². The van der Waals surface area contributed by atoms with Crippen molar-refractivity contribution in [3.05, 3.63) is 66.7 Å². The summed E-state index contributed by atoms with van der Waals surface area (Å²) in [6, 6.07) is 12.6. The number of nitrogens with zero attached hydrogens (tertiary/aromatic N) is 2. The smallest absolute Gasteiger partial charge is 0.165 e. The third-order valence-corrected chi connectivity index (χ3v) is 2.68. The van der Waals surface area contributed by atoms with Crippen molar-refractivity contribution in [2.75, 3.05) is 0 Å². The van der Waals surface area contributed by atoms with Crippen molar-refractivity contribution in [2.45, 2.75) is 0 Å². The molecule has 0 aliphatic rings. The molecule has 3 rings (SSSR count). The van der Waals surface area contributed by atoms with Crippen molar-refractivity contribution < 1.29 is 14.2 Å².